The summed E-state index contributed by atoms with van der Waals surface area (Å²) >= 11 is 0. The van der Waals surface area contributed by atoms with E-state index in [4.69, 9.17) is 0 Å². The summed E-state index contributed by atoms with van der Waals surface area (Å²) in [4.78, 5) is 27.3. The second-order valence-corrected chi connectivity index (χ2v) is 5.09. The lowest BCUT2D eigenvalue weighted by Crippen LogP contribution is -2.52. The lowest BCUT2D eigenvalue weighted by atomic mass is 10.1. The summed E-state index contributed by atoms with van der Waals surface area (Å²) in [7, 11) is 0. The zero-order chi connectivity index (χ0) is 12.4. The van der Waals surface area contributed by atoms with E-state index in [1.807, 2.05) is 4.90 Å². The summed E-state index contributed by atoms with van der Waals surface area (Å²) in [6.07, 6.45) is 1.07. The van der Waals surface area contributed by atoms with E-state index in [0.29, 0.717) is 25.0 Å². The highest BCUT2D eigenvalue weighted by Gasteiger charge is 2.32. The molecule has 2 saturated heterocycles. The van der Waals surface area contributed by atoms with Crippen LogP contribution in [0.4, 0.5) is 0 Å². The number of hydrogen-bond donors (Lipinski definition) is 1. The molecule has 0 radical (unpaired) electrons. The number of hydrogen-bond acceptors (Lipinski definition) is 3. The predicted molar refractivity (Wildman–Crippen MR) is 64.4 cm³/mol. The van der Waals surface area contributed by atoms with Crippen molar-refractivity contribution in [2.75, 3.05) is 32.7 Å². The van der Waals surface area contributed by atoms with Gasteiger partial charge in [0.15, 0.2) is 0 Å². The monoisotopic (exact) mass is 239 g/mol. The fraction of sp³-hybridized carbons (Fsp3) is 0.833. The molecule has 2 heterocycles. The molecule has 96 valence electrons. The molecule has 0 aromatic rings. The minimum absolute atomic E-state index is 0.0319. The second kappa shape index (κ2) is 5.04. The zero-order valence-electron chi connectivity index (χ0n) is 10.6. The molecule has 0 aromatic carbocycles. The van der Waals surface area contributed by atoms with Crippen LogP contribution in [-0.4, -0.2) is 60.4 Å². The van der Waals surface area contributed by atoms with Gasteiger partial charge in [-0.15, -0.1) is 0 Å². The average Bonchev–Trinajstić information content (AvgIpc) is 2.63. The van der Waals surface area contributed by atoms with Crippen LogP contribution in [0, 0.1) is 5.92 Å². The number of likely N-dealkylation sites (tertiary alicyclic amines) is 1. The Morgan fingerprint density at radius 3 is 2.76 bits per heavy atom. The van der Waals surface area contributed by atoms with Crippen LogP contribution in [0.15, 0.2) is 0 Å². The molecule has 2 amide bonds. The Hall–Kier alpha value is -1.10. The maximum absolute atomic E-state index is 12.1. The molecule has 0 aromatic heterocycles. The van der Waals surface area contributed by atoms with Crippen molar-refractivity contribution in [1.29, 1.82) is 0 Å². The fourth-order valence-electron chi connectivity index (χ4n) is 2.51. The van der Waals surface area contributed by atoms with Crippen LogP contribution < -0.4 is 5.32 Å². The largest absolute Gasteiger partial charge is 0.338 e. The van der Waals surface area contributed by atoms with Gasteiger partial charge in [0.1, 0.15) is 0 Å². The molecule has 0 unspecified atom stereocenters. The third-order valence-electron chi connectivity index (χ3n) is 3.97. The van der Waals surface area contributed by atoms with Gasteiger partial charge in [0.05, 0.1) is 13.1 Å². The van der Waals surface area contributed by atoms with Crippen molar-refractivity contribution in [3.8, 4) is 0 Å². The van der Waals surface area contributed by atoms with Gasteiger partial charge >= 0.3 is 0 Å². The van der Waals surface area contributed by atoms with Crippen molar-refractivity contribution in [2.24, 2.45) is 5.92 Å². The van der Waals surface area contributed by atoms with Gasteiger partial charge < -0.3 is 15.1 Å². The van der Waals surface area contributed by atoms with E-state index in [1.54, 1.807) is 4.90 Å². The minimum Gasteiger partial charge on any atom is -0.338 e. The molecule has 2 fully saturated rings. The van der Waals surface area contributed by atoms with E-state index in [9.17, 15) is 9.59 Å². The number of carbonyl (C=O) groups excluding carboxylic acids is 2. The van der Waals surface area contributed by atoms with E-state index in [-0.39, 0.29) is 18.4 Å². The first-order chi connectivity index (χ1) is 8.09. The number of nitrogens with one attached hydrogen (secondary N) is 1. The van der Waals surface area contributed by atoms with Crippen molar-refractivity contribution in [3.63, 3.8) is 0 Å². The molecule has 0 spiro atoms. The van der Waals surface area contributed by atoms with Crippen molar-refractivity contribution in [3.05, 3.63) is 0 Å². The maximum atomic E-state index is 12.1. The zero-order valence-corrected chi connectivity index (χ0v) is 10.6. The third-order valence-corrected chi connectivity index (χ3v) is 3.97. The Balaban J connectivity index is 1.90. The van der Waals surface area contributed by atoms with E-state index in [1.165, 1.54) is 0 Å². The molecule has 2 atom stereocenters. The second-order valence-electron chi connectivity index (χ2n) is 5.09. The summed E-state index contributed by atoms with van der Waals surface area (Å²) < 4.78 is 0. The van der Waals surface area contributed by atoms with E-state index in [2.05, 4.69) is 19.2 Å². The highest BCUT2D eigenvalue weighted by atomic mass is 16.2. The van der Waals surface area contributed by atoms with Crippen molar-refractivity contribution >= 4 is 11.8 Å². The molecule has 0 aliphatic carbocycles. The summed E-state index contributed by atoms with van der Waals surface area (Å²) in [5.41, 5.74) is 0. The van der Waals surface area contributed by atoms with Crippen LogP contribution in [0.25, 0.3) is 0 Å². The highest BCUT2D eigenvalue weighted by Crippen LogP contribution is 2.23. The number of piperazine rings is 1. The van der Waals surface area contributed by atoms with Gasteiger partial charge in [0.2, 0.25) is 11.8 Å². The Labute approximate surface area is 102 Å². The average molecular weight is 239 g/mol. The molecular weight excluding hydrogens is 218 g/mol. The first-order valence-electron chi connectivity index (χ1n) is 6.37. The summed E-state index contributed by atoms with van der Waals surface area (Å²) in [6.45, 7) is 7.13. The number of nitrogens with zero attached hydrogens (tertiary/aromatic N) is 2. The number of amides is 2. The smallest absolute Gasteiger partial charge is 0.242 e. The molecule has 2 aliphatic heterocycles. The van der Waals surface area contributed by atoms with Gasteiger partial charge in [-0.2, -0.15) is 0 Å². The first-order valence-corrected chi connectivity index (χ1v) is 6.37. The first kappa shape index (κ1) is 12.4. The predicted octanol–water partition coefficient (Wildman–Crippen LogP) is -0.325. The van der Waals surface area contributed by atoms with Gasteiger partial charge in [0.25, 0.3) is 0 Å². The standard InChI is InChI=1S/C12H21N3O2/c1-9-3-5-15(10(9)2)12(17)8-14-6-4-13-7-11(14)16/h9-10,13H,3-8H2,1-2H3/t9-,10-/m1/s1. The minimum atomic E-state index is 0.0319. The molecule has 17 heavy (non-hydrogen) atoms. The SMILES string of the molecule is C[C@@H]1CCN(C(=O)CN2CCNCC2=O)[C@@H]1C. The molecule has 0 saturated carbocycles. The number of carbonyl (C=O) groups is 2. The quantitative estimate of drug-likeness (QED) is 0.718. The summed E-state index contributed by atoms with van der Waals surface area (Å²) in [5, 5.41) is 3.01. The lowest BCUT2D eigenvalue weighted by Gasteiger charge is -2.30. The third kappa shape index (κ3) is 2.60. The van der Waals surface area contributed by atoms with Gasteiger partial charge in [-0.3, -0.25) is 9.59 Å². The van der Waals surface area contributed by atoms with E-state index < -0.39 is 0 Å². The van der Waals surface area contributed by atoms with Gasteiger partial charge in [-0.05, 0) is 19.3 Å². The van der Waals surface area contributed by atoms with Gasteiger partial charge in [-0.1, -0.05) is 6.92 Å². The Morgan fingerprint density at radius 1 is 1.41 bits per heavy atom. The van der Waals surface area contributed by atoms with Crippen LogP contribution in [0.5, 0.6) is 0 Å². The van der Waals surface area contributed by atoms with E-state index in [0.717, 1.165) is 19.5 Å². The Bertz CT molecular complexity index is 319. The molecule has 2 aliphatic rings. The highest BCUT2D eigenvalue weighted by molar-refractivity contribution is 5.86. The lowest BCUT2D eigenvalue weighted by molar-refractivity contribution is -0.141. The van der Waals surface area contributed by atoms with Crippen LogP contribution in [0.2, 0.25) is 0 Å². The van der Waals surface area contributed by atoms with Crippen molar-refractivity contribution in [1.82, 2.24) is 15.1 Å². The van der Waals surface area contributed by atoms with Crippen molar-refractivity contribution in [2.45, 2.75) is 26.3 Å². The summed E-state index contributed by atoms with van der Waals surface area (Å²) in [5.74, 6) is 0.694. The molecule has 2 rings (SSSR count). The fourth-order valence-corrected chi connectivity index (χ4v) is 2.51. The van der Waals surface area contributed by atoms with Crippen LogP contribution in [0.1, 0.15) is 20.3 Å². The summed E-state index contributed by atoms with van der Waals surface area (Å²) in [6, 6.07) is 0.306. The van der Waals surface area contributed by atoms with Gasteiger partial charge in [-0.25, -0.2) is 0 Å². The Morgan fingerprint density at radius 2 is 2.18 bits per heavy atom. The van der Waals surface area contributed by atoms with Gasteiger partial charge in [0, 0.05) is 25.7 Å². The van der Waals surface area contributed by atoms with Crippen molar-refractivity contribution < 1.29 is 9.59 Å². The molecular formula is C12H21N3O2. The normalized spacial score (nSPS) is 29.9. The number of rotatable bonds is 2. The molecule has 1 N–H and O–H groups in total. The molecule has 0 bridgehead atoms. The van der Waals surface area contributed by atoms with Crippen LogP contribution in [0.3, 0.4) is 0 Å². The molecule has 5 heteroatoms. The van der Waals surface area contributed by atoms with Crippen LogP contribution >= 0.6 is 0 Å². The maximum Gasteiger partial charge on any atom is 0.242 e. The van der Waals surface area contributed by atoms with Crippen LogP contribution in [-0.2, 0) is 9.59 Å². The molecule has 5 nitrogen and oxygen atoms in total. The van der Waals surface area contributed by atoms with E-state index >= 15 is 0 Å². The topological polar surface area (TPSA) is 52.7 Å². The Kier molecular flexibility index (Phi) is 3.66.